The van der Waals surface area contributed by atoms with Crippen LogP contribution in [0, 0.1) is 0 Å². The first-order chi connectivity index (χ1) is 17.6. The Labute approximate surface area is 223 Å². The van der Waals surface area contributed by atoms with Crippen molar-refractivity contribution in [3.8, 4) is 0 Å². The maximum Gasteiger partial charge on any atom is 0.417 e. The van der Waals surface area contributed by atoms with Crippen LogP contribution < -0.4 is 4.90 Å². The van der Waals surface area contributed by atoms with Crippen LogP contribution in [-0.2, 0) is 27.4 Å². The number of aromatic nitrogens is 4. The predicted octanol–water partition coefficient (Wildman–Crippen LogP) is 6.28. The van der Waals surface area contributed by atoms with E-state index in [9.17, 15) is 9.59 Å². The Morgan fingerprint density at radius 3 is 2.41 bits per heavy atom. The lowest BCUT2D eigenvalue weighted by Gasteiger charge is -2.26. The third-order valence-electron chi connectivity index (χ3n) is 5.79. The number of hydrogen-bond acceptors (Lipinski definition) is 7. The molecule has 37 heavy (non-hydrogen) atoms. The van der Waals surface area contributed by atoms with Crippen molar-refractivity contribution >= 4 is 40.8 Å². The first-order valence-electron chi connectivity index (χ1n) is 12.7. The predicted molar refractivity (Wildman–Crippen MR) is 144 cm³/mol. The van der Waals surface area contributed by atoms with Crippen molar-refractivity contribution in [2.75, 3.05) is 11.5 Å². The quantitative estimate of drug-likeness (QED) is 0.225. The van der Waals surface area contributed by atoms with Crippen LogP contribution in [0.3, 0.4) is 0 Å². The maximum atomic E-state index is 13.3. The van der Waals surface area contributed by atoms with Gasteiger partial charge in [0.2, 0.25) is 5.95 Å². The molecule has 0 fully saturated rings. The minimum Gasteiger partial charge on any atom is -0.465 e. The van der Waals surface area contributed by atoms with Crippen LogP contribution in [-0.4, -0.2) is 43.8 Å². The van der Waals surface area contributed by atoms with E-state index in [1.165, 1.54) is 21.4 Å². The van der Waals surface area contributed by atoms with Crippen molar-refractivity contribution in [2.24, 2.45) is 0 Å². The summed E-state index contributed by atoms with van der Waals surface area (Å²) < 4.78 is 12.2. The molecule has 1 amide bonds. The summed E-state index contributed by atoms with van der Waals surface area (Å²) in [5.74, 6) is 0.125. The number of rotatable bonds is 10. The molecule has 0 aliphatic heterocycles. The van der Waals surface area contributed by atoms with Gasteiger partial charge in [-0.1, -0.05) is 56.1 Å². The van der Waals surface area contributed by atoms with Gasteiger partial charge in [-0.15, -0.1) is 0 Å². The highest BCUT2D eigenvalue weighted by atomic mass is 35.5. The van der Waals surface area contributed by atoms with Gasteiger partial charge >= 0.3 is 12.1 Å². The van der Waals surface area contributed by atoms with Crippen molar-refractivity contribution < 1.29 is 19.1 Å². The summed E-state index contributed by atoms with van der Waals surface area (Å²) in [5.41, 5.74) is 2.08. The number of halogens is 1. The number of benzene rings is 1. The van der Waals surface area contributed by atoms with Gasteiger partial charge in [-0.2, -0.15) is 9.97 Å². The summed E-state index contributed by atoms with van der Waals surface area (Å²) in [7, 11) is 0. The number of carbonyl (C=O) groups is 2. The molecular weight excluding hydrogens is 494 g/mol. The number of ether oxygens (including phenoxy) is 2. The molecule has 3 aromatic rings. The molecular formula is C27H36ClN5O4. The summed E-state index contributed by atoms with van der Waals surface area (Å²) in [6.07, 6.45) is 4.17. The fourth-order valence-corrected chi connectivity index (χ4v) is 4.26. The maximum absolute atomic E-state index is 13.3. The molecule has 1 unspecified atom stereocenters. The summed E-state index contributed by atoms with van der Waals surface area (Å²) in [6.45, 7) is 11.8. The highest BCUT2D eigenvalue weighted by molar-refractivity contribution is 6.33. The van der Waals surface area contributed by atoms with Crippen LogP contribution in [0.5, 0.6) is 0 Å². The molecule has 10 heteroatoms. The van der Waals surface area contributed by atoms with Crippen molar-refractivity contribution in [3.63, 3.8) is 0 Å². The van der Waals surface area contributed by atoms with Gasteiger partial charge in [0.1, 0.15) is 17.7 Å². The van der Waals surface area contributed by atoms with E-state index in [1.807, 2.05) is 12.1 Å². The van der Waals surface area contributed by atoms with E-state index in [-0.39, 0.29) is 30.8 Å². The monoisotopic (exact) mass is 529 g/mol. The Hall–Kier alpha value is -3.20. The van der Waals surface area contributed by atoms with E-state index in [0.29, 0.717) is 17.1 Å². The molecule has 3 rings (SSSR count). The van der Waals surface area contributed by atoms with E-state index in [2.05, 4.69) is 40.9 Å². The molecule has 0 radical (unpaired) electrons. The lowest BCUT2D eigenvalue weighted by Crippen LogP contribution is -2.37. The van der Waals surface area contributed by atoms with Crippen LogP contribution in [0.25, 0.3) is 11.2 Å². The highest BCUT2D eigenvalue weighted by Gasteiger charge is 2.27. The number of fused-ring (bicyclic) bond motifs is 1. The van der Waals surface area contributed by atoms with Gasteiger partial charge in [0.15, 0.2) is 10.8 Å². The van der Waals surface area contributed by atoms with Crippen LogP contribution in [0.15, 0.2) is 30.6 Å². The van der Waals surface area contributed by atoms with Crippen molar-refractivity contribution in [1.29, 1.82) is 0 Å². The molecule has 1 aromatic carbocycles. The second-order valence-electron chi connectivity index (χ2n) is 9.87. The minimum atomic E-state index is -0.729. The topological polar surface area (TPSA) is 99.4 Å². The van der Waals surface area contributed by atoms with Crippen molar-refractivity contribution in [1.82, 2.24) is 19.5 Å². The van der Waals surface area contributed by atoms with Gasteiger partial charge in [-0.3, -0.25) is 4.79 Å². The zero-order valence-corrected chi connectivity index (χ0v) is 23.2. The molecule has 0 aliphatic rings. The molecule has 1 atom stereocenters. The Bertz CT molecular complexity index is 1220. The van der Waals surface area contributed by atoms with E-state index >= 15 is 0 Å². The molecule has 2 aromatic heterocycles. The van der Waals surface area contributed by atoms with Gasteiger partial charge < -0.3 is 14.0 Å². The highest BCUT2D eigenvalue weighted by Crippen LogP contribution is 2.27. The summed E-state index contributed by atoms with van der Waals surface area (Å²) in [5, 5.41) is 0.0665. The lowest BCUT2D eigenvalue weighted by molar-refractivity contribution is -0.143. The van der Waals surface area contributed by atoms with Crippen LogP contribution in [0.2, 0.25) is 5.15 Å². The number of amides is 1. The Morgan fingerprint density at radius 1 is 1.11 bits per heavy atom. The fourth-order valence-electron chi connectivity index (χ4n) is 4.05. The van der Waals surface area contributed by atoms with E-state index < -0.39 is 17.7 Å². The Morgan fingerprint density at radius 2 is 1.81 bits per heavy atom. The minimum absolute atomic E-state index is 0.0545. The molecule has 200 valence electrons. The molecule has 9 nitrogen and oxygen atoms in total. The normalized spacial score (nSPS) is 12.4. The van der Waals surface area contributed by atoms with Crippen molar-refractivity contribution in [2.45, 2.75) is 85.4 Å². The first-order valence-corrected chi connectivity index (χ1v) is 13.1. The average Bonchev–Trinajstić information content (AvgIpc) is 3.23. The molecule has 0 spiro atoms. The zero-order chi connectivity index (χ0) is 27.2. The number of nitrogens with zero attached hydrogens (tertiary/aromatic N) is 5. The number of hydrogen-bond donors (Lipinski definition) is 0. The van der Waals surface area contributed by atoms with E-state index in [0.717, 1.165) is 24.8 Å². The van der Waals surface area contributed by atoms with Crippen LogP contribution in [0.1, 0.15) is 77.8 Å². The van der Waals surface area contributed by atoms with Crippen LogP contribution in [0.4, 0.5) is 10.7 Å². The van der Waals surface area contributed by atoms with Gasteiger partial charge in [0.05, 0.1) is 19.5 Å². The molecule has 0 aliphatic carbocycles. The number of anilines is 1. The molecule has 2 heterocycles. The Kier molecular flexibility index (Phi) is 9.48. The van der Waals surface area contributed by atoms with Crippen molar-refractivity contribution in [3.05, 3.63) is 46.9 Å². The molecule has 0 saturated carbocycles. The third-order valence-corrected chi connectivity index (χ3v) is 6.05. The van der Waals surface area contributed by atoms with E-state index in [4.69, 9.17) is 21.1 Å². The van der Waals surface area contributed by atoms with Gasteiger partial charge in [0, 0.05) is 0 Å². The van der Waals surface area contributed by atoms with Gasteiger partial charge in [-0.05, 0) is 57.6 Å². The van der Waals surface area contributed by atoms with Gasteiger partial charge in [-0.25, -0.2) is 14.7 Å². The van der Waals surface area contributed by atoms with E-state index in [1.54, 1.807) is 27.7 Å². The number of esters is 1. The fraction of sp³-hybridized carbons (Fsp3) is 0.519. The largest absolute Gasteiger partial charge is 0.465 e. The smallest absolute Gasteiger partial charge is 0.417 e. The Balaban J connectivity index is 1.99. The molecule has 0 saturated heterocycles. The summed E-state index contributed by atoms with van der Waals surface area (Å²) in [4.78, 5) is 39.8. The molecule has 0 N–H and O–H groups in total. The SMILES string of the molecule is CCCC(CC)c1ccc(CN(C(=O)OC(C)(C)C)c2nc(Cl)c3ncn(CC(=O)OCC)c3n2)cc1. The standard InChI is InChI=1S/C27H36ClN5O4/c1-7-10-19(8-2)20-13-11-18(12-14-20)15-33(26(35)37-27(4,5)6)25-30-23(28)22-24(31-25)32(17-29-22)16-21(34)36-9-3/h11-14,17,19H,7-10,15-16H2,1-6H3. The lowest BCUT2D eigenvalue weighted by atomic mass is 9.91. The average molecular weight is 530 g/mol. The first kappa shape index (κ1) is 28.4. The second-order valence-corrected chi connectivity index (χ2v) is 10.2. The molecule has 0 bridgehead atoms. The second kappa shape index (κ2) is 12.4. The number of imidazole rings is 1. The van der Waals surface area contributed by atoms with Crippen LogP contribution >= 0.6 is 11.6 Å². The summed E-state index contributed by atoms with van der Waals surface area (Å²) in [6, 6.07) is 8.24. The number of carbonyl (C=O) groups excluding carboxylic acids is 2. The zero-order valence-electron chi connectivity index (χ0n) is 22.5. The van der Waals surface area contributed by atoms with Gasteiger partial charge in [0.25, 0.3) is 0 Å². The summed E-state index contributed by atoms with van der Waals surface area (Å²) >= 11 is 6.44. The third kappa shape index (κ3) is 7.41.